The first-order valence-corrected chi connectivity index (χ1v) is 5.55. The monoisotopic (exact) mass is 225 g/mol. The molecule has 0 radical (unpaired) electrons. The Bertz CT molecular complexity index is 559. The molecule has 0 bridgehead atoms. The van der Waals surface area contributed by atoms with Crippen LogP contribution in [0.15, 0.2) is 47.5 Å². The Labute approximate surface area is 101 Å². The van der Waals surface area contributed by atoms with Gasteiger partial charge in [-0.3, -0.25) is 4.99 Å². The molecule has 17 heavy (non-hydrogen) atoms. The van der Waals surface area contributed by atoms with Gasteiger partial charge in [-0.05, 0) is 37.1 Å². The summed E-state index contributed by atoms with van der Waals surface area (Å²) in [5.41, 5.74) is 3.92. The van der Waals surface area contributed by atoms with Gasteiger partial charge < -0.3 is 5.11 Å². The van der Waals surface area contributed by atoms with Gasteiger partial charge in [0.25, 0.3) is 0 Å². The van der Waals surface area contributed by atoms with Gasteiger partial charge in [-0.2, -0.15) is 0 Å². The Morgan fingerprint density at radius 2 is 1.76 bits per heavy atom. The van der Waals surface area contributed by atoms with Crippen molar-refractivity contribution in [3.63, 3.8) is 0 Å². The van der Waals surface area contributed by atoms with E-state index in [-0.39, 0.29) is 5.75 Å². The molecule has 2 aromatic carbocycles. The van der Waals surface area contributed by atoms with Crippen molar-refractivity contribution in [1.29, 1.82) is 0 Å². The number of rotatable bonds is 2. The fourth-order valence-electron chi connectivity index (χ4n) is 1.63. The van der Waals surface area contributed by atoms with Gasteiger partial charge in [-0.25, -0.2) is 0 Å². The van der Waals surface area contributed by atoms with Crippen LogP contribution in [0.1, 0.15) is 16.7 Å². The predicted octanol–water partition coefficient (Wildman–Crippen LogP) is 3.76. The Hall–Kier alpha value is -2.09. The summed E-state index contributed by atoms with van der Waals surface area (Å²) in [4.78, 5) is 4.30. The van der Waals surface area contributed by atoms with E-state index in [1.165, 1.54) is 5.56 Å². The van der Waals surface area contributed by atoms with Crippen LogP contribution >= 0.6 is 0 Å². The first-order chi connectivity index (χ1) is 8.15. The van der Waals surface area contributed by atoms with Crippen LogP contribution < -0.4 is 0 Å². The molecule has 0 aliphatic carbocycles. The lowest BCUT2D eigenvalue weighted by atomic mass is 10.1. The van der Waals surface area contributed by atoms with Crippen molar-refractivity contribution >= 4 is 11.9 Å². The molecule has 2 rings (SSSR count). The minimum absolute atomic E-state index is 0.208. The third-order valence-electron chi connectivity index (χ3n) is 2.53. The molecule has 1 N–H and O–H groups in total. The van der Waals surface area contributed by atoms with E-state index in [0.717, 1.165) is 11.1 Å². The molecule has 0 aliphatic rings. The fraction of sp³-hybridized carbons (Fsp3) is 0.133. The quantitative estimate of drug-likeness (QED) is 0.775. The van der Waals surface area contributed by atoms with E-state index in [2.05, 4.69) is 11.1 Å². The highest BCUT2D eigenvalue weighted by Gasteiger charge is 1.98. The maximum absolute atomic E-state index is 9.65. The topological polar surface area (TPSA) is 32.6 Å². The Kier molecular flexibility index (Phi) is 3.24. The smallest absolute Gasteiger partial charge is 0.141 e. The molecule has 0 saturated heterocycles. The van der Waals surface area contributed by atoms with Gasteiger partial charge in [-0.15, -0.1) is 0 Å². The zero-order valence-corrected chi connectivity index (χ0v) is 10.0. The molecule has 86 valence electrons. The second-order valence-electron chi connectivity index (χ2n) is 4.16. The number of phenols is 1. The van der Waals surface area contributed by atoms with E-state index < -0.39 is 0 Å². The number of nitrogens with zero attached hydrogens (tertiary/aromatic N) is 1. The normalized spacial score (nSPS) is 10.9. The van der Waals surface area contributed by atoms with Crippen LogP contribution in [0.25, 0.3) is 0 Å². The van der Waals surface area contributed by atoms with Crippen LogP contribution in [0.5, 0.6) is 5.75 Å². The van der Waals surface area contributed by atoms with E-state index in [1.54, 1.807) is 12.3 Å². The molecule has 0 heterocycles. The molecule has 2 heteroatoms. The van der Waals surface area contributed by atoms with Crippen LogP contribution in [0.3, 0.4) is 0 Å². The second-order valence-corrected chi connectivity index (χ2v) is 4.16. The summed E-state index contributed by atoms with van der Waals surface area (Å²) in [7, 11) is 0. The predicted molar refractivity (Wildman–Crippen MR) is 71.3 cm³/mol. The van der Waals surface area contributed by atoms with Gasteiger partial charge in [0.2, 0.25) is 0 Å². The van der Waals surface area contributed by atoms with Crippen molar-refractivity contribution in [3.05, 3.63) is 59.2 Å². The molecule has 0 spiro atoms. The summed E-state index contributed by atoms with van der Waals surface area (Å²) in [6.45, 7) is 4.02. The lowest BCUT2D eigenvalue weighted by Gasteiger charge is -2.00. The van der Waals surface area contributed by atoms with Crippen molar-refractivity contribution in [2.45, 2.75) is 13.8 Å². The lowest BCUT2D eigenvalue weighted by molar-refractivity contribution is 0.477. The molecule has 0 fully saturated rings. The van der Waals surface area contributed by atoms with E-state index >= 15 is 0 Å². The molecule has 2 aromatic rings. The maximum Gasteiger partial charge on any atom is 0.141 e. The molecule has 0 aliphatic heterocycles. The fourth-order valence-corrected chi connectivity index (χ4v) is 1.63. The minimum atomic E-state index is 0.208. The molecule has 0 saturated carbocycles. The molecule has 2 nitrogen and oxygen atoms in total. The second kappa shape index (κ2) is 4.83. The summed E-state index contributed by atoms with van der Waals surface area (Å²) >= 11 is 0. The van der Waals surface area contributed by atoms with Gasteiger partial charge in [0.15, 0.2) is 0 Å². The highest BCUT2D eigenvalue weighted by molar-refractivity contribution is 5.82. The van der Waals surface area contributed by atoms with Crippen LogP contribution in [-0.2, 0) is 0 Å². The number of hydrogen-bond acceptors (Lipinski definition) is 2. The third kappa shape index (κ3) is 2.94. The van der Waals surface area contributed by atoms with E-state index in [4.69, 9.17) is 0 Å². The summed E-state index contributed by atoms with van der Waals surface area (Å²) in [6, 6.07) is 13.5. The minimum Gasteiger partial charge on any atom is -0.506 e. The van der Waals surface area contributed by atoms with Crippen molar-refractivity contribution in [2.24, 2.45) is 4.99 Å². The van der Waals surface area contributed by atoms with Crippen LogP contribution in [-0.4, -0.2) is 11.3 Å². The summed E-state index contributed by atoms with van der Waals surface area (Å²) in [5.74, 6) is 0.208. The number of aromatic hydroxyl groups is 1. The van der Waals surface area contributed by atoms with Gasteiger partial charge >= 0.3 is 0 Å². The van der Waals surface area contributed by atoms with Crippen LogP contribution in [0, 0.1) is 13.8 Å². The first kappa shape index (κ1) is 11.4. The lowest BCUT2D eigenvalue weighted by Crippen LogP contribution is -1.82. The zero-order valence-electron chi connectivity index (χ0n) is 10.0. The number of phenolic OH excluding ortho intramolecular Hbond substituents is 1. The number of hydrogen-bond donors (Lipinski definition) is 1. The molecular weight excluding hydrogens is 210 g/mol. The average molecular weight is 225 g/mol. The Morgan fingerprint density at radius 1 is 1.00 bits per heavy atom. The largest absolute Gasteiger partial charge is 0.506 e. The number of aryl methyl sites for hydroxylation is 2. The summed E-state index contributed by atoms with van der Waals surface area (Å²) in [6.07, 6.45) is 1.77. The molecule has 0 unspecified atom stereocenters. The molecule has 0 amide bonds. The molecule has 0 aromatic heterocycles. The van der Waals surface area contributed by atoms with Crippen LogP contribution in [0.2, 0.25) is 0 Å². The zero-order chi connectivity index (χ0) is 12.3. The Morgan fingerprint density at radius 3 is 2.53 bits per heavy atom. The van der Waals surface area contributed by atoms with Gasteiger partial charge in [-0.1, -0.05) is 35.9 Å². The average Bonchev–Trinajstić information content (AvgIpc) is 2.30. The standard InChI is InChI=1S/C15H15NO/c1-11-4-3-5-13(8-11)10-16-14-9-12(2)6-7-15(14)17/h3-10,17H,1-2H3. The Balaban J connectivity index is 2.29. The molecular formula is C15H15NO. The van der Waals surface area contributed by atoms with Crippen LogP contribution in [0.4, 0.5) is 5.69 Å². The maximum atomic E-state index is 9.65. The van der Waals surface area contributed by atoms with Gasteiger partial charge in [0, 0.05) is 6.21 Å². The van der Waals surface area contributed by atoms with Crippen molar-refractivity contribution < 1.29 is 5.11 Å². The molecule has 0 atom stereocenters. The van der Waals surface area contributed by atoms with Crippen molar-refractivity contribution in [2.75, 3.05) is 0 Å². The SMILES string of the molecule is Cc1cccc(C=Nc2cc(C)ccc2O)c1. The highest BCUT2D eigenvalue weighted by Crippen LogP contribution is 2.26. The number of aliphatic imine (C=N–C) groups is 1. The van der Waals surface area contributed by atoms with E-state index in [1.807, 2.05) is 44.2 Å². The first-order valence-electron chi connectivity index (χ1n) is 5.55. The van der Waals surface area contributed by atoms with Gasteiger partial charge in [0.1, 0.15) is 11.4 Å². The van der Waals surface area contributed by atoms with Crippen molar-refractivity contribution in [1.82, 2.24) is 0 Å². The van der Waals surface area contributed by atoms with E-state index in [9.17, 15) is 5.11 Å². The van der Waals surface area contributed by atoms with E-state index in [0.29, 0.717) is 5.69 Å². The summed E-state index contributed by atoms with van der Waals surface area (Å²) in [5, 5.41) is 9.65. The third-order valence-corrected chi connectivity index (χ3v) is 2.53. The van der Waals surface area contributed by atoms with Crippen molar-refractivity contribution in [3.8, 4) is 5.75 Å². The highest BCUT2D eigenvalue weighted by atomic mass is 16.3. The number of benzene rings is 2. The summed E-state index contributed by atoms with van der Waals surface area (Å²) < 4.78 is 0. The van der Waals surface area contributed by atoms with Gasteiger partial charge in [0.05, 0.1) is 0 Å².